The van der Waals surface area contributed by atoms with Crippen LogP contribution < -0.4 is 5.32 Å². The zero-order valence-corrected chi connectivity index (χ0v) is 16.7. The standard InChI is InChI=1S/C21H27N3O4/c1-13-8-9-14(2)17(10-13)22-18(25)11-23(3)19(26)12-24-20(27)15-6-4-5-7-16(15)21(24)28/h8-10,15-16H,4-7,11-12H2,1-3H3,(H,22,25)/t15-,16-/m0/s1. The maximum atomic E-state index is 12.5. The van der Waals surface area contributed by atoms with E-state index in [4.69, 9.17) is 0 Å². The van der Waals surface area contributed by atoms with Gasteiger partial charge >= 0.3 is 0 Å². The van der Waals surface area contributed by atoms with Gasteiger partial charge in [0, 0.05) is 12.7 Å². The number of aryl methyl sites for hydroxylation is 2. The predicted molar refractivity (Wildman–Crippen MR) is 104 cm³/mol. The van der Waals surface area contributed by atoms with Gasteiger partial charge in [0.05, 0.1) is 18.4 Å². The number of amides is 4. The minimum Gasteiger partial charge on any atom is -0.335 e. The maximum Gasteiger partial charge on any atom is 0.243 e. The van der Waals surface area contributed by atoms with E-state index < -0.39 is 5.91 Å². The lowest BCUT2D eigenvalue weighted by Crippen LogP contribution is -2.44. The van der Waals surface area contributed by atoms with Gasteiger partial charge < -0.3 is 10.2 Å². The number of likely N-dealkylation sites (N-methyl/N-ethyl adjacent to an activating group) is 1. The van der Waals surface area contributed by atoms with Crippen LogP contribution in [-0.4, -0.2) is 53.6 Å². The van der Waals surface area contributed by atoms with Crippen molar-refractivity contribution in [2.24, 2.45) is 11.8 Å². The lowest BCUT2D eigenvalue weighted by atomic mass is 9.81. The number of fused-ring (bicyclic) bond motifs is 1. The molecule has 7 heteroatoms. The SMILES string of the molecule is Cc1ccc(C)c(NC(=O)CN(C)C(=O)CN2C(=O)[C@H]3CCCC[C@@H]3C2=O)c1. The second-order valence-corrected chi connectivity index (χ2v) is 7.88. The van der Waals surface area contributed by atoms with Gasteiger partial charge in [0.2, 0.25) is 23.6 Å². The number of carbonyl (C=O) groups excluding carboxylic acids is 4. The van der Waals surface area contributed by atoms with E-state index in [0.717, 1.165) is 28.9 Å². The Morgan fingerprint density at radius 1 is 1.11 bits per heavy atom. The molecule has 1 saturated carbocycles. The number of likely N-dealkylation sites (tertiary alicyclic amines) is 1. The fourth-order valence-electron chi connectivity index (χ4n) is 4.01. The lowest BCUT2D eigenvalue weighted by molar-refractivity contribution is -0.146. The molecule has 1 saturated heterocycles. The first kappa shape index (κ1) is 20.0. The summed E-state index contributed by atoms with van der Waals surface area (Å²) in [7, 11) is 1.50. The van der Waals surface area contributed by atoms with E-state index in [1.54, 1.807) is 0 Å². The van der Waals surface area contributed by atoms with Crippen LogP contribution in [0.2, 0.25) is 0 Å². The van der Waals surface area contributed by atoms with Crippen LogP contribution >= 0.6 is 0 Å². The molecule has 7 nitrogen and oxygen atoms in total. The molecule has 0 radical (unpaired) electrons. The molecule has 150 valence electrons. The monoisotopic (exact) mass is 385 g/mol. The average Bonchev–Trinajstić information content (AvgIpc) is 2.90. The van der Waals surface area contributed by atoms with Crippen molar-refractivity contribution >= 4 is 29.3 Å². The van der Waals surface area contributed by atoms with Gasteiger partial charge in [0.1, 0.15) is 6.54 Å². The van der Waals surface area contributed by atoms with Crippen molar-refractivity contribution in [3.05, 3.63) is 29.3 Å². The zero-order chi connectivity index (χ0) is 20.4. The number of anilines is 1. The van der Waals surface area contributed by atoms with Crippen LogP contribution in [-0.2, 0) is 19.2 Å². The summed E-state index contributed by atoms with van der Waals surface area (Å²) >= 11 is 0. The molecule has 1 aliphatic carbocycles. The number of nitrogens with zero attached hydrogens (tertiary/aromatic N) is 2. The van der Waals surface area contributed by atoms with Crippen molar-refractivity contribution in [1.29, 1.82) is 0 Å². The van der Waals surface area contributed by atoms with E-state index in [9.17, 15) is 19.2 Å². The van der Waals surface area contributed by atoms with Crippen molar-refractivity contribution in [3.63, 3.8) is 0 Å². The first-order chi connectivity index (χ1) is 13.3. The van der Waals surface area contributed by atoms with Gasteiger partial charge in [-0.3, -0.25) is 24.1 Å². The summed E-state index contributed by atoms with van der Waals surface area (Å²) in [4.78, 5) is 52.1. The summed E-state index contributed by atoms with van der Waals surface area (Å²) in [6.07, 6.45) is 3.32. The van der Waals surface area contributed by atoms with E-state index in [2.05, 4.69) is 5.32 Å². The first-order valence-corrected chi connectivity index (χ1v) is 9.74. The number of carbonyl (C=O) groups is 4. The Morgan fingerprint density at radius 2 is 1.71 bits per heavy atom. The van der Waals surface area contributed by atoms with Crippen LogP contribution in [0, 0.1) is 25.7 Å². The fraction of sp³-hybridized carbons (Fsp3) is 0.524. The highest BCUT2D eigenvalue weighted by Crippen LogP contribution is 2.37. The van der Waals surface area contributed by atoms with Crippen molar-refractivity contribution in [3.8, 4) is 0 Å². The number of hydrogen-bond donors (Lipinski definition) is 1. The van der Waals surface area contributed by atoms with E-state index in [1.165, 1.54) is 11.9 Å². The van der Waals surface area contributed by atoms with Gasteiger partial charge in [0.25, 0.3) is 0 Å². The van der Waals surface area contributed by atoms with Crippen molar-refractivity contribution in [2.45, 2.75) is 39.5 Å². The largest absolute Gasteiger partial charge is 0.335 e. The molecule has 0 bridgehead atoms. The summed E-state index contributed by atoms with van der Waals surface area (Å²) in [5.74, 6) is -1.76. The number of benzene rings is 1. The minimum atomic E-state index is -0.420. The molecule has 1 aromatic rings. The van der Waals surface area contributed by atoms with Gasteiger partial charge in [-0.25, -0.2) is 0 Å². The third-order valence-corrected chi connectivity index (χ3v) is 5.70. The Morgan fingerprint density at radius 3 is 2.32 bits per heavy atom. The van der Waals surface area contributed by atoms with E-state index in [0.29, 0.717) is 18.5 Å². The lowest BCUT2D eigenvalue weighted by Gasteiger charge is -2.21. The molecule has 0 unspecified atom stereocenters. The van der Waals surface area contributed by atoms with E-state index in [1.807, 2.05) is 32.0 Å². The average molecular weight is 385 g/mol. The van der Waals surface area contributed by atoms with Gasteiger partial charge in [-0.1, -0.05) is 25.0 Å². The Bertz CT molecular complexity index is 796. The minimum absolute atomic E-state index is 0.144. The van der Waals surface area contributed by atoms with Crippen LogP contribution in [0.5, 0.6) is 0 Å². The molecule has 4 amide bonds. The summed E-state index contributed by atoms with van der Waals surface area (Å²) in [6, 6.07) is 5.75. The number of imide groups is 1. The second-order valence-electron chi connectivity index (χ2n) is 7.88. The summed E-state index contributed by atoms with van der Waals surface area (Å²) in [5, 5.41) is 2.81. The third-order valence-electron chi connectivity index (χ3n) is 5.70. The molecule has 28 heavy (non-hydrogen) atoms. The Balaban J connectivity index is 1.57. The number of rotatable bonds is 5. The summed E-state index contributed by atoms with van der Waals surface area (Å²) in [5.41, 5.74) is 2.67. The maximum absolute atomic E-state index is 12.5. The van der Waals surface area contributed by atoms with E-state index >= 15 is 0 Å². The van der Waals surface area contributed by atoms with Gasteiger partial charge in [0.15, 0.2) is 0 Å². The molecule has 0 aromatic heterocycles. The molecule has 1 N–H and O–H groups in total. The molecule has 1 aromatic carbocycles. The Labute approximate surface area is 165 Å². The molecule has 2 fully saturated rings. The molecule has 2 atom stereocenters. The second kappa shape index (κ2) is 8.12. The molecule has 0 spiro atoms. The van der Waals surface area contributed by atoms with Crippen LogP contribution in [0.25, 0.3) is 0 Å². The van der Waals surface area contributed by atoms with Gasteiger partial charge in [-0.05, 0) is 43.9 Å². The highest BCUT2D eigenvalue weighted by molar-refractivity contribution is 6.07. The van der Waals surface area contributed by atoms with Crippen LogP contribution in [0.15, 0.2) is 18.2 Å². The van der Waals surface area contributed by atoms with Crippen LogP contribution in [0.3, 0.4) is 0 Å². The zero-order valence-electron chi connectivity index (χ0n) is 16.7. The number of hydrogen-bond acceptors (Lipinski definition) is 4. The molecule has 1 heterocycles. The first-order valence-electron chi connectivity index (χ1n) is 9.74. The molecule has 1 aliphatic heterocycles. The Hall–Kier alpha value is -2.70. The molecular weight excluding hydrogens is 358 g/mol. The number of nitrogens with one attached hydrogen (secondary N) is 1. The molecule has 3 rings (SSSR count). The third kappa shape index (κ3) is 4.08. The van der Waals surface area contributed by atoms with Crippen LogP contribution in [0.4, 0.5) is 5.69 Å². The topological polar surface area (TPSA) is 86.8 Å². The predicted octanol–water partition coefficient (Wildman–Crippen LogP) is 1.88. The fourth-order valence-corrected chi connectivity index (χ4v) is 4.01. The summed E-state index contributed by atoms with van der Waals surface area (Å²) in [6.45, 7) is 3.40. The van der Waals surface area contributed by atoms with Gasteiger partial charge in [-0.2, -0.15) is 0 Å². The molecular formula is C21H27N3O4. The van der Waals surface area contributed by atoms with Crippen molar-refractivity contribution in [2.75, 3.05) is 25.5 Å². The van der Waals surface area contributed by atoms with Crippen molar-refractivity contribution < 1.29 is 19.2 Å². The van der Waals surface area contributed by atoms with E-state index in [-0.39, 0.29) is 42.6 Å². The normalized spacial score (nSPS) is 21.5. The smallest absolute Gasteiger partial charge is 0.243 e. The van der Waals surface area contributed by atoms with Gasteiger partial charge in [-0.15, -0.1) is 0 Å². The Kier molecular flexibility index (Phi) is 5.82. The quantitative estimate of drug-likeness (QED) is 0.784. The summed E-state index contributed by atoms with van der Waals surface area (Å²) < 4.78 is 0. The molecule has 2 aliphatic rings. The van der Waals surface area contributed by atoms with Crippen molar-refractivity contribution in [1.82, 2.24) is 9.80 Å². The van der Waals surface area contributed by atoms with Crippen LogP contribution in [0.1, 0.15) is 36.8 Å². The highest BCUT2D eigenvalue weighted by atomic mass is 16.2. The highest BCUT2D eigenvalue weighted by Gasteiger charge is 2.48.